The first-order valence-electron chi connectivity index (χ1n) is 6.16. The summed E-state index contributed by atoms with van der Waals surface area (Å²) in [7, 11) is 1.62. The fraction of sp³-hybridized carbons (Fsp3) is 0.286. The van der Waals surface area contributed by atoms with Gasteiger partial charge in [-0.25, -0.2) is 0 Å². The zero-order valence-corrected chi connectivity index (χ0v) is 13.1. The van der Waals surface area contributed by atoms with Gasteiger partial charge in [-0.1, -0.05) is 0 Å². The predicted molar refractivity (Wildman–Crippen MR) is 81.0 cm³/mol. The monoisotopic (exact) mass is 337 g/mol. The van der Waals surface area contributed by atoms with Crippen LogP contribution >= 0.6 is 15.9 Å². The van der Waals surface area contributed by atoms with E-state index in [1.54, 1.807) is 31.1 Å². The lowest BCUT2D eigenvalue weighted by Gasteiger charge is -2.14. The highest BCUT2D eigenvalue weighted by atomic mass is 79.9. The van der Waals surface area contributed by atoms with Crippen LogP contribution in [0.1, 0.15) is 18.5 Å². The number of rotatable bonds is 4. The number of nitrogens with one attached hydrogen (secondary N) is 1. The maximum Gasteiger partial charge on any atom is 0.248 e. The van der Waals surface area contributed by atoms with Gasteiger partial charge in [-0.3, -0.25) is 9.48 Å². The van der Waals surface area contributed by atoms with E-state index >= 15 is 0 Å². The molecule has 0 radical (unpaired) electrons. The second-order valence-corrected chi connectivity index (χ2v) is 5.40. The van der Waals surface area contributed by atoms with Gasteiger partial charge in [0.1, 0.15) is 11.8 Å². The van der Waals surface area contributed by atoms with Gasteiger partial charge in [0, 0.05) is 11.9 Å². The van der Waals surface area contributed by atoms with Crippen LogP contribution in [0.5, 0.6) is 5.75 Å². The topological polar surface area (TPSA) is 56.1 Å². The molecule has 1 aromatic heterocycles. The van der Waals surface area contributed by atoms with Crippen LogP contribution in [0.15, 0.2) is 35.1 Å². The van der Waals surface area contributed by atoms with Crippen molar-refractivity contribution in [3.05, 3.63) is 40.6 Å². The zero-order valence-electron chi connectivity index (χ0n) is 11.6. The molecule has 0 saturated heterocycles. The number of carbonyl (C=O) groups is 1. The third-order valence-electron chi connectivity index (χ3n) is 3.04. The summed E-state index contributed by atoms with van der Waals surface area (Å²) in [6.07, 6.45) is 3.42. The molecule has 1 unspecified atom stereocenters. The van der Waals surface area contributed by atoms with Crippen molar-refractivity contribution in [1.29, 1.82) is 0 Å². The van der Waals surface area contributed by atoms with Crippen molar-refractivity contribution in [3.63, 3.8) is 0 Å². The van der Waals surface area contributed by atoms with Crippen molar-refractivity contribution in [2.75, 3.05) is 12.4 Å². The van der Waals surface area contributed by atoms with Crippen LogP contribution in [0.4, 0.5) is 5.69 Å². The summed E-state index contributed by atoms with van der Waals surface area (Å²) < 4.78 is 7.60. The lowest BCUT2D eigenvalue weighted by Crippen LogP contribution is -2.24. The molecule has 0 fully saturated rings. The minimum absolute atomic E-state index is 0.117. The van der Waals surface area contributed by atoms with Crippen LogP contribution in [0.25, 0.3) is 0 Å². The average molecular weight is 338 g/mol. The normalized spacial score (nSPS) is 12.0. The second-order valence-electron chi connectivity index (χ2n) is 4.48. The van der Waals surface area contributed by atoms with Crippen LogP contribution in [0.3, 0.4) is 0 Å². The fourth-order valence-electron chi connectivity index (χ4n) is 1.79. The van der Waals surface area contributed by atoms with E-state index < -0.39 is 0 Å². The number of hydrogen-bond donors (Lipinski definition) is 1. The Morgan fingerprint density at radius 3 is 2.80 bits per heavy atom. The molecule has 2 rings (SSSR count). The minimum atomic E-state index is -0.386. The number of hydrogen-bond acceptors (Lipinski definition) is 3. The van der Waals surface area contributed by atoms with E-state index in [0.717, 1.165) is 21.5 Å². The third kappa shape index (κ3) is 3.19. The Balaban J connectivity index is 2.11. The van der Waals surface area contributed by atoms with Gasteiger partial charge in [-0.15, -0.1) is 0 Å². The molecular formula is C14H16BrN3O2. The largest absolute Gasteiger partial charge is 0.497 e. The first kappa shape index (κ1) is 14.6. The number of aryl methyl sites for hydroxylation is 1. The van der Waals surface area contributed by atoms with E-state index in [9.17, 15) is 4.79 Å². The Kier molecular flexibility index (Phi) is 4.44. The summed E-state index contributed by atoms with van der Waals surface area (Å²) in [6.45, 7) is 3.72. The molecule has 1 atom stereocenters. The molecule has 5 nitrogen and oxygen atoms in total. The van der Waals surface area contributed by atoms with Gasteiger partial charge in [0.15, 0.2) is 0 Å². The number of methoxy groups -OCH3 is 1. The van der Waals surface area contributed by atoms with Gasteiger partial charge in [-0.05, 0) is 53.5 Å². The Bertz CT molecular complexity index is 625. The maximum atomic E-state index is 12.2. The van der Waals surface area contributed by atoms with E-state index in [1.807, 2.05) is 25.1 Å². The van der Waals surface area contributed by atoms with Crippen LogP contribution in [0.2, 0.25) is 0 Å². The van der Waals surface area contributed by atoms with Crippen molar-refractivity contribution in [2.24, 2.45) is 0 Å². The maximum absolute atomic E-state index is 12.2. The molecule has 0 bridgehead atoms. The summed E-state index contributed by atoms with van der Waals surface area (Å²) in [6, 6.07) is 5.14. The quantitative estimate of drug-likeness (QED) is 0.932. The van der Waals surface area contributed by atoms with Gasteiger partial charge in [0.2, 0.25) is 5.91 Å². The van der Waals surface area contributed by atoms with Crippen LogP contribution in [-0.4, -0.2) is 22.8 Å². The molecule has 1 N–H and O–H groups in total. The van der Waals surface area contributed by atoms with Gasteiger partial charge in [0.25, 0.3) is 0 Å². The lowest BCUT2D eigenvalue weighted by atomic mass is 10.2. The first-order chi connectivity index (χ1) is 9.51. The number of ether oxygens (including phenoxy) is 1. The molecule has 1 amide bonds. The Hall–Kier alpha value is -1.82. The molecule has 6 heteroatoms. The molecule has 1 heterocycles. The van der Waals surface area contributed by atoms with Gasteiger partial charge in [0.05, 0.1) is 17.8 Å². The molecule has 0 aliphatic carbocycles. The summed E-state index contributed by atoms with van der Waals surface area (Å²) >= 11 is 3.31. The molecule has 1 aromatic carbocycles. The molecule has 0 aliphatic heterocycles. The Morgan fingerprint density at radius 1 is 1.50 bits per heavy atom. The number of amides is 1. The molecule has 2 aromatic rings. The standard InChI is InChI=1S/C14H16BrN3O2/c1-9-6-12(20-3)4-5-13(9)17-14(19)10(2)18-8-11(15)7-16-18/h4-8,10H,1-3H3,(H,17,19). The summed E-state index contributed by atoms with van der Waals surface area (Å²) in [5.41, 5.74) is 1.72. The molecule has 106 valence electrons. The van der Waals surface area contributed by atoms with Crippen molar-refractivity contribution >= 4 is 27.5 Å². The number of benzene rings is 1. The summed E-state index contributed by atoms with van der Waals surface area (Å²) in [5, 5.41) is 7.02. The molecular weight excluding hydrogens is 322 g/mol. The number of nitrogens with zero attached hydrogens (tertiary/aromatic N) is 2. The molecule has 0 saturated carbocycles. The van der Waals surface area contributed by atoms with Gasteiger partial charge >= 0.3 is 0 Å². The zero-order chi connectivity index (χ0) is 14.7. The molecule has 0 spiro atoms. The van der Waals surface area contributed by atoms with E-state index in [-0.39, 0.29) is 11.9 Å². The fourth-order valence-corrected chi connectivity index (χ4v) is 2.09. The summed E-state index contributed by atoms with van der Waals surface area (Å²) in [5.74, 6) is 0.651. The molecule has 20 heavy (non-hydrogen) atoms. The number of anilines is 1. The lowest BCUT2D eigenvalue weighted by molar-refractivity contribution is -0.119. The first-order valence-corrected chi connectivity index (χ1v) is 6.95. The van der Waals surface area contributed by atoms with E-state index in [0.29, 0.717) is 0 Å². The van der Waals surface area contributed by atoms with Crippen LogP contribution < -0.4 is 10.1 Å². The van der Waals surface area contributed by atoms with Crippen LogP contribution in [0, 0.1) is 6.92 Å². The van der Waals surface area contributed by atoms with Crippen molar-refractivity contribution < 1.29 is 9.53 Å². The van der Waals surface area contributed by atoms with Crippen molar-refractivity contribution in [2.45, 2.75) is 19.9 Å². The highest BCUT2D eigenvalue weighted by Crippen LogP contribution is 2.22. The smallest absolute Gasteiger partial charge is 0.248 e. The highest BCUT2D eigenvalue weighted by Gasteiger charge is 2.16. The van der Waals surface area contributed by atoms with Crippen molar-refractivity contribution in [3.8, 4) is 5.75 Å². The second kappa shape index (κ2) is 6.09. The van der Waals surface area contributed by atoms with Crippen LogP contribution in [-0.2, 0) is 4.79 Å². The third-order valence-corrected chi connectivity index (χ3v) is 3.45. The minimum Gasteiger partial charge on any atom is -0.497 e. The highest BCUT2D eigenvalue weighted by molar-refractivity contribution is 9.10. The molecule has 0 aliphatic rings. The SMILES string of the molecule is COc1ccc(NC(=O)C(C)n2cc(Br)cn2)c(C)c1. The van der Waals surface area contributed by atoms with Gasteiger partial charge in [-0.2, -0.15) is 5.10 Å². The number of halogens is 1. The predicted octanol–water partition coefficient (Wildman–Crippen LogP) is 3.16. The average Bonchev–Trinajstić information content (AvgIpc) is 2.86. The van der Waals surface area contributed by atoms with E-state index in [4.69, 9.17) is 4.74 Å². The Morgan fingerprint density at radius 2 is 2.25 bits per heavy atom. The van der Waals surface area contributed by atoms with E-state index in [2.05, 4.69) is 26.3 Å². The summed E-state index contributed by atoms with van der Waals surface area (Å²) in [4.78, 5) is 12.2. The number of aromatic nitrogens is 2. The Labute approximate surface area is 126 Å². The van der Waals surface area contributed by atoms with Crippen molar-refractivity contribution in [1.82, 2.24) is 9.78 Å². The number of carbonyl (C=O) groups excluding carboxylic acids is 1. The van der Waals surface area contributed by atoms with E-state index in [1.165, 1.54) is 0 Å². The van der Waals surface area contributed by atoms with Gasteiger partial charge < -0.3 is 10.1 Å².